The second-order valence-electron chi connectivity index (χ2n) is 4.90. The molecule has 0 atom stereocenters. The number of amides is 1. The van der Waals surface area contributed by atoms with Gasteiger partial charge in [-0.05, 0) is 25.0 Å². The van der Waals surface area contributed by atoms with Crippen molar-refractivity contribution < 1.29 is 14.3 Å². The summed E-state index contributed by atoms with van der Waals surface area (Å²) in [6, 6.07) is 4.84. The number of nitrogens with zero attached hydrogens (tertiary/aromatic N) is 2. The molecule has 0 unspecified atom stereocenters. The molecule has 5 heteroatoms. The van der Waals surface area contributed by atoms with E-state index in [0.717, 1.165) is 38.8 Å². The van der Waals surface area contributed by atoms with Gasteiger partial charge >= 0.3 is 5.97 Å². The Hall–Kier alpha value is -1.91. The maximum absolute atomic E-state index is 12.5. The average molecular weight is 292 g/mol. The molecule has 1 aromatic rings. The molecular weight excluding hydrogens is 268 g/mol. The fourth-order valence-electron chi connectivity index (χ4n) is 1.95. The lowest BCUT2D eigenvalue weighted by Gasteiger charge is -2.22. The van der Waals surface area contributed by atoms with Crippen molar-refractivity contribution in [2.75, 3.05) is 20.2 Å². The molecule has 0 saturated heterocycles. The van der Waals surface area contributed by atoms with E-state index in [1.165, 1.54) is 7.11 Å². The second-order valence-corrected chi connectivity index (χ2v) is 4.90. The zero-order valence-electron chi connectivity index (χ0n) is 13.1. The minimum Gasteiger partial charge on any atom is -0.464 e. The fraction of sp³-hybridized carbons (Fsp3) is 0.562. The molecule has 0 N–H and O–H groups in total. The van der Waals surface area contributed by atoms with Crippen molar-refractivity contribution in [1.82, 2.24) is 9.88 Å². The molecule has 0 aliphatic rings. The Bertz CT molecular complexity index is 466. The largest absolute Gasteiger partial charge is 0.464 e. The predicted molar refractivity (Wildman–Crippen MR) is 81.3 cm³/mol. The second kappa shape index (κ2) is 9.10. The summed E-state index contributed by atoms with van der Waals surface area (Å²) in [6.45, 7) is 5.64. The van der Waals surface area contributed by atoms with Gasteiger partial charge in [0.05, 0.1) is 7.11 Å². The molecule has 0 aromatic carbocycles. The lowest BCUT2D eigenvalue weighted by Crippen LogP contribution is -2.33. The van der Waals surface area contributed by atoms with Gasteiger partial charge in [-0.2, -0.15) is 0 Å². The Labute approximate surface area is 126 Å². The summed E-state index contributed by atoms with van der Waals surface area (Å²) in [5.74, 6) is -0.652. The van der Waals surface area contributed by atoms with E-state index in [2.05, 4.69) is 23.6 Å². The monoisotopic (exact) mass is 292 g/mol. The van der Waals surface area contributed by atoms with E-state index < -0.39 is 5.97 Å². The summed E-state index contributed by atoms with van der Waals surface area (Å²) in [5.41, 5.74) is 0.458. The van der Waals surface area contributed by atoms with Gasteiger partial charge in [0.25, 0.3) is 5.91 Å². The van der Waals surface area contributed by atoms with E-state index >= 15 is 0 Å². The van der Waals surface area contributed by atoms with Gasteiger partial charge in [0.2, 0.25) is 0 Å². The van der Waals surface area contributed by atoms with E-state index in [-0.39, 0.29) is 11.6 Å². The van der Waals surface area contributed by atoms with E-state index in [4.69, 9.17) is 0 Å². The Morgan fingerprint density at radius 3 is 2.19 bits per heavy atom. The Morgan fingerprint density at radius 1 is 1.10 bits per heavy atom. The van der Waals surface area contributed by atoms with Crippen LogP contribution in [0.15, 0.2) is 18.2 Å². The molecule has 0 bridgehead atoms. The van der Waals surface area contributed by atoms with Crippen molar-refractivity contribution in [3.63, 3.8) is 0 Å². The topological polar surface area (TPSA) is 59.5 Å². The third-order valence-corrected chi connectivity index (χ3v) is 3.21. The minimum atomic E-state index is -0.529. The number of carbonyl (C=O) groups is 2. The van der Waals surface area contributed by atoms with Crippen molar-refractivity contribution in [3.8, 4) is 0 Å². The first-order valence-electron chi connectivity index (χ1n) is 7.48. The van der Waals surface area contributed by atoms with Crippen LogP contribution in [0.2, 0.25) is 0 Å². The first kappa shape index (κ1) is 17.1. The van der Waals surface area contributed by atoms with Crippen molar-refractivity contribution >= 4 is 11.9 Å². The molecule has 0 spiro atoms. The molecule has 116 valence electrons. The van der Waals surface area contributed by atoms with Crippen LogP contribution in [0.3, 0.4) is 0 Å². The van der Waals surface area contributed by atoms with Crippen LogP contribution in [-0.4, -0.2) is 42.0 Å². The van der Waals surface area contributed by atoms with E-state index in [0.29, 0.717) is 5.69 Å². The van der Waals surface area contributed by atoms with Crippen LogP contribution >= 0.6 is 0 Å². The summed E-state index contributed by atoms with van der Waals surface area (Å²) in [5, 5.41) is 0. The van der Waals surface area contributed by atoms with E-state index in [1.807, 2.05) is 4.90 Å². The number of carbonyl (C=O) groups excluding carboxylic acids is 2. The molecule has 0 saturated carbocycles. The van der Waals surface area contributed by atoms with Crippen molar-refractivity contribution in [3.05, 3.63) is 29.6 Å². The molecule has 0 aliphatic heterocycles. The molecule has 0 radical (unpaired) electrons. The van der Waals surface area contributed by atoms with Crippen LogP contribution in [0.25, 0.3) is 0 Å². The van der Waals surface area contributed by atoms with Gasteiger partial charge in [-0.25, -0.2) is 9.78 Å². The van der Waals surface area contributed by atoms with Crippen LogP contribution in [-0.2, 0) is 4.74 Å². The molecule has 0 aliphatic carbocycles. The zero-order chi connectivity index (χ0) is 15.7. The quantitative estimate of drug-likeness (QED) is 0.691. The van der Waals surface area contributed by atoms with Gasteiger partial charge in [-0.1, -0.05) is 32.8 Å². The van der Waals surface area contributed by atoms with E-state index in [1.54, 1.807) is 18.2 Å². The molecule has 0 fully saturated rings. The maximum Gasteiger partial charge on any atom is 0.356 e. The highest BCUT2D eigenvalue weighted by Crippen LogP contribution is 2.08. The lowest BCUT2D eigenvalue weighted by molar-refractivity contribution is 0.0593. The summed E-state index contributed by atoms with van der Waals surface area (Å²) in [7, 11) is 1.30. The number of pyridine rings is 1. The first-order valence-corrected chi connectivity index (χ1v) is 7.48. The van der Waals surface area contributed by atoms with Crippen LogP contribution < -0.4 is 0 Å². The minimum absolute atomic E-state index is 0.123. The van der Waals surface area contributed by atoms with Crippen LogP contribution in [0, 0.1) is 0 Å². The number of ether oxygens (including phenoxy) is 1. The fourth-order valence-corrected chi connectivity index (χ4v) is 1.95. The predicted octanol–water partition coefficient (Wildman–Crippen LogP) is 2.91. The lowest BCUT2D eigenvalue weighted by atomic mass is 10.2. The van der Waals surface area contributed by atoms with Gasteiger partial charge < -0.3 is 9.64 Å². The van der Waals surface area contributed by atoms with Gasteiger partial charge in [-0.15, -0.1) is 0 Å². The average Bonchev–Trinajstić information content (AvgIpc) is 2.53. The van der Waals surface area contributed by atoms with Gasteiger partial charge in [0, 0.05) is 13.1 Å². The van der Waals surface area contributed by atoms with Crippen LogP contribution in [0.4, 0.5) is 0 Å². The first-order chi connectivity index (χ1) is 10.1. The number of esters is 1. The van der Waals surface area contributed by atoms with Crippen LogP contribution in [0.5, 0.6) is 0 Å². The Balaban J connectivity index is 2.88. The summed E-state index contributed by atoms with van der Waals surface area (Å²) >= 11 is 0. The number of unbranched alkanes of at least 4 members (excludes halogenated alkanes) is 2. The molecule has 1 amide bonds. The molecule has 1 rings (SSSR count). The highest BCUT2D eigenvalue weighted by atomic mass is 16.5. The summed E-state index contributed by atoms with van der Waals surface area (Å²) < 4.78 is 4.63. The van der Waals surface area contributed by atoms with Gasteiger partial charge in [-0.3, -0.25) is 4.79 Å². The highest BCUT2D eigenvalue weighted by molar-refractivity contribution is 5.94. The molecule has 1 heterocycles. The number of aromatic nitrogens is 1. The Morgan fingerprint density at radius 2 is 1.67 bits per heavy atom. The number of hydrogen-bond donors (Lipinski definition) is 0. The third kappa shape index (κ3) is 5.17. The van der Waals surface area contributed by atoms with Crippen molar-refractivity contribution in [1.29, 1.82) is 0 Å². The standard InChI is InChI=1S/C16H24N2O3/c1-4-6-11-18(12-7-5-2)15(19)13-9-8-10-14(17-13)16(20)21-3/h8-10H,4-7,11-12H2,1-3H3. The molecule has 1 aromatic heterocycles. The van der Waals surface area contributed by atoms with Gasteiger partial charge in [0.15, 0.2) is 0 Å². The molecule has 5 nitrogen and oxygen atoms in total. The third-order valence-electron chi connectivity index (χ3n) is 3.21. The highest BCUT2D eigenvalue weighted by Gasteiger charge is 2.18. The SMILES string of the molecule is CCCCN(CCCC)C(=O)c1cccc(C(=O)OC)n1. The number of methoxy groups -OCH3 is 1. The summed E-state index contributed by atoms with van der Waals surface area (Å²) in [4.78, 5) is 30.0. The zero-order valence-corrected chi connectivity index (χ0v) is 13.1. The molecule has 21 heavy (non-hydrogen) atoms. The number of rotatable bonds is 8. The van der Waals surface area contributed by atoms with Crippen LogP contribution in [0.1, 0.15) is 60.5 Å². The smallest absolute Gasteiger partial charge is 0.356 e. The normalized spacial score (nSPS) is 10.2. The maximum atomic E-state index is 12.5. The number of hydrogen-bond acceptors (Lipinski definition) is 4. The van der Waals surface area contributed by atoms with Gasteiger partial charge in [0.1, 0.15) is 11.4 Å². The molecular formula is C16H24N2O3. The van der Waals surface area contributed by atoms with Crippen molar-refractivity contribution in [2.24, 2.45) is 0 Å². The Kier molecular flexibility index (Phi) is 7.43. The van der Waals surface area contributed by atoms with E-state index in [9.17, 15) is 9.59 Å². The van der Waals surface area contributed by atoms with Crippen molar-refractivity contribution in [2.45, 2.75) is 39.5 Å². The summed E-state index contributed by atoms with van der Waals surface area (Å²) in [6.07, 6.45) is 4.00.